The number of carbonyl (C=O) groups is 1. The lowest BCUT2D eigenvalue weighted by Crippen LogP contribution is -2.30. The Hall–Kier alpha value is -2.74. The van der Waals surface area contributed by atoms with E-state index in [1.165, 1.54) is 23.5 Å². The van der Waals surface area contributed by atoms with Gasteiger partial charge in [0.1, 0.15) is 0 Å². The van der Waals surface area contributed by atoms with Gasteiger partial charge in [0, 0.05) is 16.8 Å². The standard InChI is InChI=1S/C22H17ClN2O3S2/c1-30(27,28)18-9-5-8-16(12-18)21(26)25(14-15-6-3-2-4-7-15)22-24-19-11-10-17(23)13-20(19)29-22/h2-13H,14H2,1H3. The Morgan fingerprint density at radius 1 is 1.03 bits per heavy atom. The number of sulfone groups is 1. The lowest BCUT2D eigenvalue weighted by molar-refractivity contribution is 0.0985. The van der Waals surface area contributed by atoms with Crippen molar-refractivity contribution in [2.24, 2.45) is 0 Å². The molecule has 152 valence electrons. The molecule has 4 aromatic rings. The molecule has 4 rings (SSSR count). The van der Waals surface area contributed by atoms with Crippen molar-refractivity contribution in [3.63, 3.8) is 0 Å². The summed E-state index contributed by atoms with van der Waals surface area (Å²) in [6.45, 7) is 0.302. The smallest absolute Gasteiger partial charge is 0.260 e. The molecule has 3 aromatic carbocycles. The van der Waals surface area contributed by atoms with E-state index in [0.717, 1.165) is 22.0 Å². The fourth-order valence-electron chi connectivity index (χ4n) is 3.01. The number of rotatable bonds is 5. The van der Waals surface area contributed by atoms with Crippen molar-refractivity contribution in [2.45, 2.75) is 11.4 Å². The van der Waals surface area contributed by atoms with Gasteiger partial charge in [-0.25, -0.2) is 13.4 Å². The van der Waals surface area contributed by atoms with E-state index in [4.69, 9.17) is 11.6 Å². The highest BCUT2D eigenvalue weighted by atomic mass is 35.5. The largest absolute Gasteiger partial charge is 0.279 e. The molecular weight excluding hydrogens is 440 g/mol. The van der Waals surface area contributed by atoms with Gasteiger partial charge < -0.3 is 0 Å². The second kappa shape index (κ2) is 8.18. The van der Waals surface area contributed by atoms with Crippen LogP contribution in [0.1, 0.15) is 15.9 Å². The van der Waals surface area contributed by atoms with Crippen molar-refractivity contribution >= 4 is 54.0 Å². The van der Waals surface area contributed by atoms with Gasteiger partial charge in [-0.1, -0.05) is 59.3 Å². The van der Waals surface area contributed by atoms with E-state index in [0.29, 0.717) is 16.7 Å². The number of hydrogen-bond acceptors (Lipinski definition) is 5. The Morgan fingerprint density at radius 2 is 1.80 bits per heavy atom. The highest BCUT2D eigenvalue weighted by Gasteiger charge is 2.23. The number of thiazole rings is 1. The molecule has 1 amide bonds. The van der Waals surface area contributed by atoms with Crippen LogP contribution in [0.5, 0.6) is 0 Å². The average molecular weight is 457 g/mol. The molecular formula is C22H17ClN2O3S2. The normalized spacial score (nSPS) is 11.5. The van der Waals surface area contributed by atoms with E-state index in [2.05, 4.69) is 4.98 Å². The summed E-state index contributed by atoms with van der Waals surface area (Å²) in [4.78, 5) is 19.7. The number of amides is 1. The van der Waals surface area contributed by atoms with Gasteiger partial charge in [-0.15, -0.1) is 0 Å². The molecule has 8 heteroatoms. The number of nitrogens with zero attached hydrogens (tertiary/aromatic N) is 2. The molecule has 0 fully saturated rings. The van der Waals surface area contributed by atoms with Crippen LogP contribution in [0.3, 0.4) is 0 Å². The Kier molecular flexibility index (Phi) is 5.60. The summed E-state index contributed by atoms with van der Waals surface area (Å²) >= 11 is 7.46. The van der Waals surface area contributed by atoms with Gasteiger partial charge in [0.05, 0.1) is 21.7 Å². The lowest BCUT2D eigenvalue weighted by Gasteiger charge is -2.20. The molecule has 0 bridgehead atoms. The first kappa shape index (κ1) is 20.5. The van der Waals surface area contributed by atoms with Crippen LogP contribution < -0.4 is 4.90 Å². The van der Waals surface area contributed by atoms with E-state index < -0.39 is 9.84 Å². The molecule has 0 saturated heterocycles. The molecule has 0 aliphatic heterocycles. The highest BCUT2D eigenvalue weighted by molar-refractivity contribution is 7.90. The van der Waals surface area contributed by atoms with E-state index in [9.17, 15) is 13.2 Å². The quantitative estimate of drug-likeness (QED) is 0.414. The number of fused-ring (bicyclic) bond motifs is 1. The zero-order valence-electron chi connectivity index (χ0n) is 15.9. The fourth-order valence-corrected chi connectivity index (χ4v) is 4.92. The molecule has 0 aliphatic carbocycles. The molecule has 1 aromatic heterocycles. The molecule has 0 unspecified atom stereocenters. The molecule has 0 radical (unpaired) electrons. The van der Waals surface area contributed by atoms with Crippen molar-refractivity contribution in [3.05, 3.63) is 88.9 Å². The van der Waals surface area contributed by atoms with Crippen LogP contribution in [-0.4, -0.2) is 25.6 Å². The van der Waals surface area contributed by atoms with Crippen LogP contribution in [0, 0.1) is 0 Å². The van der Waals surface area contributed by atoms with Crippen molar-refractivity contribution < 1.29 is 13.2 Å². The van der Waals surface area contributed by atoms with Gasteiger partial charge in [0.15, 0.2) is 15.0 Å². The van der Waals surface area contributed by atoms with E-state index in [1.54, 1.807) is 23.1 Å². The highest BCUT2D eigenvalue weighted by Crippen LogP contribution is 2.32. The summed E-state index contributed by atoms with van der Waals surface area (Å²) in [6, 6.07) is 21.0. The molecule has 0 aliphatic rings. The lowest BCUT2D eigenvalue weighted by atomic mass is 10.1. The minimum atomic E-state index is -3.43. The molecule has 0 spiro atoms. The zero-order valence-corrected chi connectivity index (χ0v) is 18.3. The number of carbonyl (C=O) groups excluding carboxylic acids is 1. The Labute approximate surface area is 183 Å². The maximum Gasteiger partial charge on any atom is 0.260 e. The number of halogens is 1. The van der Waals surface area contributed by atoms with Gasteiger partial charge in [0.25, 0.3) is 5.91 Å². The van der Waals surface area contributed by atoms with Crippen LogP contribution in [0.15, 0.2) is 77.7 Å². The van der Waals surface area contributed by atoms with Crippen LogP contribution in [0.4, 0.5) is 5.13 Å². The number of benzene rings is 3. The van der Waals surface area contributed by atoms with Crippen LogP contribution in [0.2, 0.25) is 5.02 Å². The SMILES string of the molecule is CS(=O)(=O)c1cccc(C(=O)N(Cc2ccccc2)c2nc3ccc(Cl)cc3s2)c1. The Balaban J connectivity index is 1.79. The van der Waals surface area contributed by atoms with E-state index in [1.807, 2.05) is 42.5 Å². The molecule has 5 nitrogen and oxygen atoms in total. The first-order valence-electron chi connectivity index (χ1n) is 9.03. The number of anilines is 1. The maximum atomic E-state index is 13.4. The van der Waals surface area contributed by atoms with Crippen LogP contribution in [-0.2, 0) is 16.4 Å². The van der Waals surface area contributed by atoms with Gasteiger partial charge in [0.2, 0.25) is 0 Å². The van der Waals surface area contributed by atoms with Gasteiger partial charge in [-0.05, 0) is 42.0 Å². The van der Waals surface area contributed by atoms with Gasteiger partial charge in [-0.3, -0.25) is 9.69 Å². The van der Waals surface area contributed by atoms with Gasteiger partial charge >= 0.3 is 0 Å². The second-order valence-corrected chi connectivity index (χ2v) is 10.2. The van der Waals surface area contributed by atoms with Crippen molar-refractivity contribution in [3.8, 4) is 0 Å². The molecule has 0 N–H and O–H groups in total. The van der Waals surface area contributed by atoms with Crippen LogP contribution >= 0.6 is 22.9 Å². The van der Waals surface area contributed by atoms with Crippen LogP contribution in [0.25, 0.3) is 10.2 Å². The summed E-state index contributed by atoms with van der Waals surface area (Å²) in [5.74, 6) is -0.325. The third kappa shape index (κ3) is 4.38. The average Bonchev–Trinajstić information content (AvgIpc) is 3.14. The zero-order chi connectivity index (χ0) is 21.3. The topological polar surface area (TPSA) is 67.3 Å². The van der Waals surface area contributed by atoms with Crippen molar-refractivity contribution in [1.82, 2.24) is 4.98 Å². The number of hydrogen-bond donors (Lipinski definition) is 0. The van der Waals surface area contributed by atoms with Crippen molar-refractivity contribution in [2.75, 3.05) is 11.2 Å². The van der Waals surface area contributed by atoms with E-state index >= 15 is 0 Å². The first-order chi connectivity index (χ1) is 14.3. The Bertz CT molecular complexity index is 1340. The minimum absolute atomic E-state index is 0.101. The van der Waals surface area contributed by atoms with Gasteiger partial charge in [-0.2, -0.15) is 0 Å². The first-order valence-corrected chi connectivity index (χ1v) is 12.1. The number of aromatic nitrogens is 1. The molecule has 0 atom stereocenters. The third-order valence-corrected chi connectivity index (χ3v) is 6.89. The fraction of sp³-hybridized carbons (Fsp3) is 0.0909. The summed E-state index contributed by atoms with van der Waals surface area (Å²) in [6.07, 6.45) is 1.12. The summed E-state index contributed by atoms with van der Waals surface area (Å²) in [7, 11) is -3.43. The predicted octanol–water partition coefficient (Wildman–Crippen LogP) is 5.20. The molecule has 0 saturated carbocycles. The summed E-state index contributed by atoms with van der Waals surface area (Å²) in [5.41, 5.74) is 1.96. The van der Waals surface area contributed by atoms with E-state index in [-0.39, 0.29) is 16.4 Å². The monoisotopic (exact) mass is 456 g/mol. The molecule has 30 heavy (non-hydrogen) atoms. The third-order valence-electron chi connectivity index (χ3n) is 4.51. The Morgan fingerprint density at radius 3 is 2.53 bits per heavy atom. The minimum Gasteiger partial charge on any atom is -0.279 e. The maximum absolute atomic E-state index is 13.4. The second-order valence-electron chi connectivity index (χ2n) is 6.79. The molecule has 1 heterocycles. The summed E-state index contributed by atoms with van der Waals surface area (Å²) in [5, 5.41) is 1.12. The predicted molar refractivity (Wildman–Crippen MR) is 121 cm³/mol. The van der Waals surface area contributed by atoms with Crippen molar-refractivity contribution in [1.29, 1.82) is 0 Å². The summed E-state index contributed by atoms with van der Waals surface area (Å²) < 4.78 is 24.7.